The molecule has 0 aromatic carbocycles. The maximum Gasteiger partial charge on any atom is -0.0348 e. The van der Waals surface area contributed by atoms with Crippen molar-refractivity contribution in [1.29, 1.82) is 0 Å². The van der Waals surface area contributed by atoms with Crippen LogP contribution in [-0.4, -0.2) is 0 Å². The maximum atomic E-state index is 2.26. The first kappa shape index (κ1) is 16.0. The summed E-state index contributed by atoms with van der Waals surface area (Å²) in [6.45, 7) is 4.44. The van der Waals surface area contributed by atoms with Crippen LogP contribution in [0.3, 0.4) is 0 Å². The quantitative estimate of drug-likeness (QED) is 0.321. The van der Waals surface area contributed by atoms with Gasteiger partial charge in [-0.25, -0.2) is 0 Å². The lowest BCUT2D eigenvalue weighted by Crippen LogP contribution is -1.72. The zero-order chi connectivity index (χ0) is 12.6. The third-order valence-electron chi connectivity index (χ3n) is 2.51. The molecule has 0 N–H and O–H groups in total. The smallest absolute Gasteiger partial charge is 0.0348 e. The van der Waals surface area contributed by atoms with E-state index in [9.17, 15) is 0 Å². The monoisotopic (exact) mass is 232 g/mol. The van der Waals surface area contributed by atoms with E-state index in [1.807, 2.05) is 0 Å². The zero-order valence-electron chi connectivity index (χ0n) is 11.6. The predicted octanol–water partition coefficient (Wildman–Crippen LogP) is 5.98. The van der Waals surface area contributed by atoms with Gasteiger partial charge in [-0.15, -0.1) is 0 Å². The van der Waals surface area contributed by atoms with Crippen LogP contribution in [0.4, 0.5) is 0 Å². The van der Waals surface area contributed by atoms with Crippen molar-refractivity contribution in [3.63, 3.8) is 0 Å². The molecule has 0 atom stereocenters. The molecule has 0 nitrogen and oxygen atoms in total. The maximum absolute atomic E-state index is 2.26. The first-order valence-electron chi connectivity index (χ1n) is 7.06. The lowest BCUT2D eigenvalue weighted by Gasteiger charge is -1.92. The van der Waals surface area contributed by atoms with Gasteiger partial charge in [0, 0.05) is 0 Å². The standard InChI is InChI=1S/C17H28/c1-3-5-7-9-11-13-15-17-16-14-12-10-8-6-4-2/h7,9,11,13-17H,3-6,8,10,12H2,1-2H3. The van der Waals surface area contributed by atoms with E-state index in [2.05, 4.69) is 62.5 Å². The SMILES string of the molecule is CCCC=CC=CC=CC=CCCCCCC. The van der Waals surface area contributed by atoms with Gasteiger partial charge >= 0.3 is 0 Å². The molecule has 0 unspecified atom stereocenters. The van der Waals surface area contributed by atoms with Crippen LogP contribution in [0.25, 0.3) is 0 Å². The molecule has 0 amide bonds. The Morgan fingerprint density at radius 1 is 0.529 bits per heavy atom. The topological polar surface area (TPSA) is 0 Å². The van der Waals surface area contributed by atoms with E-state index in [1.165, 1.54) is 44.9 Å². The molecule has 0 rings (SSSR count). The molecule has 0 aliphatic rings. The van der Waals surface area contributed by atoms with Gasteiger partial charge in [0.2, 0.25) is 0 Å². The van der Waals surface area contributed by atoms with Gasteiger partial charge in [0.15, 0.2) is 0 Å². The molecular formula is C17H28. The van der Waals surface area contributed by atoms with E-state index in [0.717, 1.165) is 0 Å². The second kappa shape index (κ2) is 15.0. The van der Waals surface area contributed by atoms with Gasteiger partial charge in [-0.3, -0.25) is 0 Å². The summed E-state index contributed by atoms with van der Waals surface area (Å²) in [6, 6.07) is 0. The van der Waals surface area contributed by atoms with Crippen LogP contribution in [0.15, 0.2) is 48.6 Å². The Bertz CT molecular complexity index is 241. The van der Waals surface area contributed by atoms with E-state index in [1.54, 1.807) is 0 Å². The highest BCUT2D eigenvalue weighted by molar-refractivity contribution is 5.15. The van der Waals surface area contributed by atoms with Gasteiger partial charge in [-0.05, 0) is 19.3 Å². The third kappa shape index (κ3) is 15.0. The van der Waals surface area contributed by atoms with Gasteiger partial charge in [-0.2, -0.15) is 0 Å². The van der Waals surface area contributed by atoms with Gasteiger partial charge in [0.1, 0.15) is 0 Å². The van der Waals surface area contributed by atoms with Crippen LogP contribution in [0.2, 0.25) is 0 Å². The van der Waals surface area contributed by atoms with Crippen LogP contribution in [-0.2, 0) is 0 Å². The van der Waals surface area contributed by atoms with E-state index >= 15 is 0 Å². The second-order valence-corrected chi connectivity index (χ2v) is 4.26. The van der Waals surface area contributed by atoms with Crippen LogP contribution < -0.4 is 0 Å². The molecule has 0 fully saturated rings. The largest absolute Gasteiger partial charge is 0.0845 e. The minimum absolute atomic E-state index is 1.17. The Hall–Kier alpha value is -1.04. The third-order valence-corrected chi connectivity index (χ3v) is 2.51. The van der Waals surface area contributed by atoms with Crippen molar-refractivity contribution in [3.05, 3.63) is 48.6 Å². The van der Waals surface area contributed by atoms with Crippen LogP contribution in [0, 0.1) is 0 Å². The van der Waals surface area contributed by atoms with E-state index < -0.39 is 0 Å². The van der Waals surface area contributed by atoms with Crippen LogP contribution in [0.5, 0.6) is 0 Å². The minimum atomic E-state index is 1.17. The minimum Gasteiger partial charge on any atom is -0.0845 e. The fraction of sp³-hybridized carbons (Fsp3) is 0.529. The molecule has 17 heavy (non-hydrogen) atoms. The average Bonchev–Trinajstić information content (AvgIpc) is 2.35. The van der Waals surface area contributed by atoms with E-state index in [-0.39, 0.29) is 0 Å². The number of unbranched alkanes of at least 4 members (excludes halogenated alkanes) is 5. The Balaban J connectivity index is 3.42. The molecule has 0 aliphatic heterocycles. The number of hydrogen-bond acceptors (Lipinski definition) is 0. The lowest BCUT2D eigenvalue weighted by molar-refractivity contribution is 0.674. The Morgan fingerprint density at radius 2 is 1.12 bits per heavy atom. The summed E-state index contributed by atoms with van der Waals surface area (Å²) in [5.74, 6) is 0. The molecule has 0 radical (unpaired) electrons. The summed E-state index contributed by atoms with van der Waals surface area (Å²) < 4.78 is 0. The zero-order valence-corrected chi connectivity index (χ0v) is 11.6. The summed E-state index contributed by atoms with van der Waals surface area (Å²) in [4.78, 5) is 0. The Labute approximate surface area is 108 Å². The molecule has 0 spiro atoms. The molecule has 0 saturated carbocycles. The fourth-order valence-electron chi connectivity index (χ4n) is 1.46. The summed E-state index contributed by atoms with van der Waals surface area (Å²) in [5.41, 5.74) is 0. The molecule has 0 bridgehead atoms. The van der Waals surface area contributed by atoms with Crippen molar-refractivity contribution in [1.82, 2.24) is 0 Å². The molecule has 0 aliphatic carbocycles. The van der Waals surface area contributed by atoms with Crippen molar-refractivity contribution < 1.29 is 0 Å². The van der Waals surface area contributed by atoms with Crippen molar-refractivity contribution >= 4 is 0 Å². The average molecular weight is 232 g/mol. The highest BCUT2D eigenvalue weighted by Crippen LogP contribution is 2.02. The van der Waals surface area contributed by atoms with Crippen LogP contribution >= 0.6 is 0 Å². The summed E-state index contributed by atoms with van der Waals surface area (Å²) in [7, 11) is 0. The first-order chi connectivity index (χ1) is 8.41. The van der Waals surface area contributed by atoms with Crippen LogP contribution in [0.1, 0.15) is 58.8 Å². The van der Waals surface area contributed by atoms with Gasteiger partial charge in [0.05, 0.1) is 0 Å². The van der Waals surface area contributed by atoms with Crippen molar-refractivity contribution in [3.8, 4) is 0 Å². The molecule has 0 aromatic rings. The fourth-order valence-corrected chi connectivity index (χ4v) is 1.46. The number of allylic oxidation sites excluding steroid dienone is 8. The summed E-state index contributed by atoms with van der Waals surface area (Å²) in [6.07, 6.45) is 26.1. The van der Waals surface area contributed by atoms with Gasteiger partial charge < -0.3 is 0 Å². The lowest BCUT2D eigenvalue weighted by atomic mass is 10.1. The van der Waals surface area contributed by atoms with E-state index in [4.69, 9.17) is 0 Å². The first-order valence-corrected chi connectivity index (χ1v) is 7.06. The normalized spacial score (nSPS) is 12.8. The second-order valence-electron chi connectivity index (χ2n) is 4.26. The molecule has 0 aromatic heterocycles. The molecule has 96 valence electrons. The highest BCUT2D eigenvalue weighted by atomic mass is 13.9. The van der Waals surface area contributed by atoms with Crippen molar-refractivity contribution in [2.24, 2.45) is 0 Å². The Kier molecular flexibility index (Phi) is 14.0. The summed E-state index contributed by atoms with van der Waals surface area (Å²) >= 11 is 0. The molecule has 0 saturated heterocycles. The summed E-state index contributed by atoms with van der Waals surface area (Å²) in [5, 5.41) is 0. The van der Waals surface area contributed by atoms with E-state index in [0.29, 0.717) is 0 Å². The number of hydrogen-bond donors (Lipinski definition) is 0. The van der Waals surface area contributed by atoms with Gasteiger partial charge in [0.25, 0.3) is 0 Å². The Morgan fingerprint density at radius 3 is 1.71 bits per heavy atom. The number of rotatable bonds is 10. The predicted molar refractivity (Wildman–Crippen MR) is 80.2 cm³/mol. The van der Waals surface area contributed by atoms with Crippen molar-refractivity contribution in [2.45, 2.75) is 58.8 Å². The molecule has 0 heterocycles. The molecule has 0 heteroatoms. The highest BCUT2D eigenvalue weighted by Gasteiger charge is 1.82. The van der Waals surface area contributed by atoms with Crippen molar-refractivity contribution in [2.75, 3.05) is 0 Å². The van der Waals surface area contributed by atoms with Gasteiger partial charge in [-0.1, -0.05) is 88.1 Å². The molecular weight excluding hydrogens is 204 g/mol.